The van der Waals surface area contributed by atoms with E-state index in [0.717, 1.165) is 25.9 Å². The van der Waals surface area contributed by atoms with Crippen LogP contribution in [0.25, 0.3) is 0 Å². The molecule has 0 saturated heterocycles. The Balaban J connectivity index is 2.22. The topological polar surface area (TPSA) is 74.2 Å². The summed E-state index contributed by atoms with van der Waals surface area (Å²) in [5.41, 5.74) is 0. The summed E-state index contributed by atoms with van der Waals surface area (Å²) in [6, 6.07) is 0. The zero-order chi connectivity index (χ0) is 12.0. The quantitative estimate of drug-likeness (QED) is 0.586. The fraction of sp³-hybridized carbons (Fsp3) is 1.00. The Hall–Kier alpha value is -1.20. The van der Waals surface area contributed by atoms with Gasteiger partial charge >= 0.3 is 0 Å². The van der Waals surface area contributed by atoms with E-state index in [2.05, 4.69) is 31.1 Å². The molecule has 0 spiro atoms. The minimum Gasteiger partial charge on any atom is -0.167 e. The first kappa shape index (κ1) is 13.9. The molecule has 0 N–H and O–H groups in total. The van der Waals surface area contributed by atoms with Gasteiger partial charge in [0.1, 0.15) is 0 Å². The molecule has 1 aliphatic heterocycles. The van der Waals surface area contributed by atoms with Crippen molar-refractivity contribution >= 4 is 0 Å². The van der Waals surface area contributed by atoms with Crippen molar-refractivity contribution in [2.75, 3.05) is 13.1 Å². The maximum absolute atomic E-state index is 3.88. The summed E-state index contributed by atoms with van der Waals surface area (Å²) in [5, 5.41) is 21.7. The molecule has 6 nitrogen and oxygen atoms in total. The van der Waals surface area contributed by atoms with Crippen molar-refractivity contribution in [2.45, 2.75) is 57.8 Å². The number of hydrogen-bond donors (Lipinski definition) is 0. The van der Waals surface area contributed by atoms with Crippen molar-refractivity contribution in [1.82, 2.24) is 0 Å². The van der Waals surface area contributed by atoms with Crippen LogP contribution in [-0.4, -0.2) is 13.1 Å². The van der Waals surface area contributed by atoms with Gasteiger partial charge in [-0.05, 0) is 33.7 Å². The summed E-state index contributed by atoms with van der Waals surface area (Å²) in [4.78, 5) is 0. The molecular weight excluding hydrogens is 216 g/mol. The van der Waals surface area contributed by atoms with Gasteiger partial charge < -0.3 is 0 Å². The molecule has 0 aromatic heterocycles. The van der Waals surface area contributed by atoms with Crippen molar-refractivity contribution < 1.29 is 0 Å². The zero-order valence-electron chi connectivity index (χ0n) is 10.5. The van der Waals surface area contributed by atoms with E-state index in [-0.39, 0.29) is 0 Å². The number of nitrogens with zero attached hydrogens (tertiary/aromatic N) is 6. The monoisotopic (exact) mass is 238 g/mol. The highest BCUT2D eigenvalue weighted by Crippen LogP contribution is 2.10. The van der Waals surface area contributed by atoms with Crippen LogP contribution in [0, 0.1) is 0 Å². The first-order valence-corrected chi connectivity index (χ1v) is 6.63. The summed E-state index contributed by atoms with van der Waals surface area (Å²) < 4.78 is 0. The van der Waals surface area contributed by atoms with Crippen molar-refractivity contribution in [3.63, 3.8) is 0 Å². The van der Waals surface area contributed by atoms with Crippen molar-refractivity contribution in [3.05, 3.63) is 0 Å². The highest BCUT2D eigenvalue weighted by atomic mass is 15.6. The van der Waals surface area contributed by atoms with Gasteiger partial charge in [-0.25, -0.2) is 0 Å². The summed E-state index contributed by atoms with van der Waals surface area (Å²) in [6.45, 7) is 1.46. The highest BCUT2D eigenvalue weighted by Gasteiger charge is 1.93. The van der Waals surface area contributed by atoms with Gasteiger partial charge in [0.05, 0.1) is 13.1 Å². The van der Waals surface area contributed by atoms with Crippen molar-refractivity contribution in [2.24, 2.45) is 31.1 Å². The standard InChI is InChI=1S/C11H22N6/c1-2-4-6-8-10-12-14-16-17-15-13-11-9-7-5-3-1/h1-11H2. The van der Waals surface area contributed by atoms with E-state index in [1.807, 2.05) is 0 Å². The van der Waals surface area contributed by atoms with Crippen LogP contribution in [0.2, 0.25) is 0 Å². The number of hydrogen-bond acceptors (Lipinski definition) is 6. The van der Waals surface area contributed by atoms with E-state index in [4.69, 9.17) is 0 Å². The maximum Gasteiger partial charge on any atom is 0.0621 e. The van der Waals surface area contributed by atoms with Gasteiger partial charge in [-0.3, -0.25) is 0 Å². The largest absolute Gasteiger partial charge is 0.167 e. The maximum atomic E-state index is 3.88. The SMILES string of the molecule is C1CCCCCN=NN=NN=NCCCCC1. The molecule has 0 aromatic rings. The van der Waals surface area contributed by atoms with Crippen LogP contribution in [0.3, 0.4) is 0 Å². The Morgan fingerprint density at radius 2 is 0.706 bits per heavy atom. The molecule has 96 valence electrons. The highest BCUT2D eigenvalue weighted by molar-refractivity contribution is 4.49. The van der Waals surface area contributed by atoms with Crippen LogP contribution in [0.15, 0.2) is 31.1 Å². The van der Waals surface area contributed by atoms with Crippen LogP contribution < -0.4 is 0 Å². The molecule has 0 aromatic carbocycles. The predicted molar refractivity (Wildman–Crippen MR) is 65.9 cm³/mol. The van der Waals surface area contributed by atoms with Crippen LogP contribution >= 0.6 is 0 Å². The molecule has 0 radical (unpaired) electrons. The molecule has 0 amide bonds. The molecule has 0 fully saturated rings. The van der Waals surface area contributed by atoms with E-state index in [9.17, 15) is 0 Å². The fourth-order valence-electron chi connectivity index (χ4n) is 1.78. The van der Waals surface area contributed by atoms with Crippen molar-refractivity contribution in [3.8, 4) is 0 Å². The third kappa shape index (κ3) is 9.71. The molecule has 1 heterocycles. The van der Waals surface area contributed by atoms with Crippen LogP contribution in [0.4, 0.5) is 0 Å². The average molecular weight is 238 g/mol. The Morgan fingerprint density at radius 3 is 1.12 bits per heavy atom. The van der Waals surface area contributed by atoms with Crippen LogP contribution in [-0.2, 0) is 0 Å². The molecule has 0 atom stereocenters. The van der Waals surface area contributed by atoms with Gasteiger partial charge in [-0.2, -0.15) is 10.2 Å². The lowest BCUT2D eigenvalue weighted by Gasteiger charge is -2.00. The summed E-state index contributed by atoms with van der Waals surface area (Å²) >= 11 is 0. The summed E-state index contributed by atoms with van der Waals surface area (Å²) in [6.07, 6.45) is 11.3. The summed E-state index contributed by atoms with van der Waals surface area (Å²) in [7, 11) is 0. The third-order valence-corrected chi connectivity index (χ3v) is 2.76. The summed E-state index contributed by atoms with van der Waals surface area (Å²) in [5.74, 6) is 0. The molecular formula is C11H22N6. The van der Waals surface area contributed by atoms with Gasteiger partial charge in [0.2, 0.25) is 0 Å². The molecule has 1 aliphatic rings. The van der Waals surface area contributed by atoms with Crippen LogP contribution in [0.5, 0.6) is 0 Å². The van der Waals surface area contributed by atoms with Gasteiger partial charge in [0.25, 0.3) is 0 Å². The number of rotatable bonds is 0. The van der Waals surface area contributed by atoms with Crippen LogP contribution in [0.1, 0.15) is 57.8 Å². The van der Waals surface area contributed by atoms with E-state index >= 15 is 0 Å². The van der Waals surface area contributed by atoms with E-state index in [1.165, 1.54) is 44.9 Å². The minimum absolute atomic E-state index is 0.732. The molecule has 17 heavy (non-hydrogen) atoms. The zero-order valence-corrected chi connectivity index (χ0v) is 10.5. The van der Waals surface area contributed by atoms with E-state index in [1.54, 1.807) is 0 Å². The van der Waals surface area contributed by atoms with Gasteiger partial charge in [-0.1, -0.05) is 44.9 Å². The Kier molecular flexibility index (Phi) is 9.21. The lowest BCUT2D eigenvalue weighted by atomic mass is 10.1. The van der Waals surface area contributed by atoms with Gasteiger partial charge in [-0.15, -0.1) is 0 Å². The second-order valence-electron chi connectivity index (χ2n) is 4.27. The van der Waals surface area contributed by atoms with E-state index in [0.29, 0.717) is 0 Å². The Labute approximate surface area is 103 Å². The van der Waals surface area contributed by atoms with Gasteiger partial charge in [0, 0.05) is 0 Å². The molecule has 0 unspecified atom stereocenters. The molecule has 0 saturated carbocycles. The average Bonchev–Trinajstić information content (AvgIpc) is 2.35. The molecule has 1 rings (SSSR count). The second kappa shape index (κ2) is 11.3. The molecule has 6 heteroatoms. The molecule has 0 bridgehead atoms. The molecule has 0 aliphatic carbocycles. The lowest BCUT2D eigenvalue weighted by Crippen LogP contribution is -1.84. The smallest absolute Gasteiger partial charge is 0.0621 e. The first-order valence-electron chi connectivity index (χ1n) is 6.63. The van der Waals surface area contributed by atoms with E-state index < -0.39 is 0 Å². The fourth-order valence-corrected chi connectivity index (χ4v) is 1.78. The normalized spacial score (nSPS) is 21.2. The lowest BCUT2D eigenvalue weighted by molar-refractivity contribution is 0.559. The Morgan fingerprint density at radius 1 is 0.353 bits per heavy atom. The predicted octanol–water partition coefficient (Wildman–Crippen LogP) is 4.70. The Bertz CT molecular complexity index is 224. The minimum atomic E-state index is 0.732. The third-order valence-electron chi connectivity index (χ3n) is 2.76. The first-order chi connectivity index (χ1) is 8.50. The second-order valence-corrected chi connectivity index (χ2v) is 4.27. The van der Waals surface area contributed by atoms with Gasteiger partial charge in [0.15, 0.2) is 0 Å². The van der Waals surface area contributed by atoms with Crippen molar-refractivity contribution in [1.29, 1.82) is 0 Å².